The summed E-state index contributed by atoms with van der Waals surface area (Å²) >= 11 is 5.94. The van der Waals surface area contributed by atoms with Crippen molar-refractivity contribution in [1.82, 2.24) is 9.55 Å². The standard InChI is InChI=1S/C26H28ClN5O3/c1-5-35-26(33)23(13-21(28)12-19-6-8-20(27)9-7-19)31-18(3)30-22-10-11-24(25(14-22)34-4)32-15-17(2)29-16-32/h6-11,13-16,30H,3,5,12,28H2,1-2,4H3/b21-13-,31-23?. The molecule has 0 radical (unpaired) electrons. The topological polar surface area (TPSA) is 104 Å². The predicted octanol–water partition coefficient (Wildman–Crippen LogP) is 4.82. The molecule has 182 valence electrons. The van der Waals surface area contributed by atoms with Gasteiger partial charge in [-0.15, -0.1) is 0 Å². The van der Waals surface area contributed by atoms with E-state index in [9.17, 15) is 4.79 Å². The second-order valence-corrected chi connectivity index (χ2v) is 8.06. The van der Waals surface area contributed by atoms with Crippen molar-refractivity contribution in [2.45, 2.75) is 20.3 Å². The molecule has 3 N–H and O–H groups in total. The summed E-state index contributed by atoms with van der Waals surface area (Å²) in [4.78, 5) is 21.1. The summed E-state index contributed by atoms with van der Waals surface area (Å²) in [7, 11) is 1.59. The number of aryl methyl sites for hydroxylation is 1. The van der Waals surface area contributed by atoms with E-state index in [1.807, 2.05) is 42.0 Å². The minimum atomic E-state index is -0.599. The number of ether oxygens (including phenoxy) is 2. The molecule has 0 fully saturated rings. The molecule has 0 aliphatic rings. The summed E-state index contributed by atoms with van der Waals surface area (Å²) in [5.74, 6) is 0.261. The molecule has 0 aliphatic heterocycles. The molecule has 0 saturated heterocycles. The number of anilines is 1. The van der Waals surface area contributed by atoms with E-state index >= 15 is 0 Å². The van der Waals surface area contributed by atoms with E-state index < -0.39 is 5.97 Å². The second-order valence-electron chi connectivity index (χ2n) is 7.62. The van der Waals surface area contributed by atoms with Crippen molar-refractivity contribution in [1.29, 1.82) is 0 Å². The van der Waals surface area contributed by atoms with Crippen LogP contribution in [-0.4, -0.2) is 34.9 Å². The van der Waals surface area contributed by atoms with Gasteiger partial charge in [-0.05, 0) is 49.8 Å². The molecule has 0 bridgehead atoms. The van der Waals surface area contributed by atoms with Gasteiger partial charge in [0.2, 0.25) is 0 Å². The molecule has 1 heterocycles. The number of nitrogens with zero attached hydrogens (tertiary/aromatic N) is 3. The van der Waals surface area contributed by atoms with Crippen molar-refractivity contribution in [3.05, 3.63) is 95.4 Å². The molecule has 0 saturated carbocycles. The van der Waals surface area contributed by atoms with Gasteiger partial charge in [0.15, 0.2) is 5.71 Å². The lowest BCUT2D eigenvalue weighted by Crippen LogP contribution is -2.19. The number of halogens is 1. The number of hydrogen-bond acceptors (Lipinski definition) is 7. The monoisotopic (exact) mass is 493 g/mol. The summed E-state index contributed by atoms with van der Waals surface area (Å²) < 4.78 is 12.5. The van der Waals surface area contributed by atoms with Gasteiger partial charge in [-0.2, -0.15) is 0 Å². The molecule has 8 nitrogen and oxygen atoms in total. The maximum absolute atomic E-state index is 12.5. The van der Waals surface area contributed by atoms with Crippen LogP contribution in [0.15, 0.2) is 84.2 Å². The van der Waals surface area contributed by atoms with E-state index in [-0.39, 0.29) is 18.1 Å². The van der Waals surface area contributed by atoms with Crippen LogP contribution >= 0.6 is 11.6 Å². The number of allylic oxidation sites excluding steroid dienone is 1. The van der Waals surface area contributed by atoms with Crippen molar-refractivity contribution in [3.8, 4) is 11.4 Å². The van der Waals surface area contributed by atoms with Crippen molar-refractivity contribution in [3.63, 3.8) is 0 Å². The molecular formula is C26H28ClN5O3. The van der Waals surface area contributed by atoms with Crippen LogP contribution in [0.25, 0.3) is 5.69 Å². The van der Waals surface area contributed by atoms with Crippen LogP contribution in [0.4, 0.5) is 5.69 Å². The number of carbonyl (C=O) groups is 1. The predicted molar refractivity (Wildman–Crippen MR) is 139 cm³/mol. The van der Waals surface area contributed by atoms with Crippen LogP contribution in [0.1, 0.15) is 18.2 Å². The normalized spacial score (nSPS) is 11.8. The number of benzene rings is 2. The van der Waals surface area contributed by atoms with Gasteiger partial charge in [-0.25, -0.2) is 14.8 Å². The van der Waals surface area contributed by atoms with Crippen LogP contribution in [0.3, 0.4) is 0 Å². The Balaban J connectivity index is 1.80. The third-order valence-electron chi connectivity index (χ3n) is 4.84. The maximum atomic E-state index is 12.5. The number of nitrogens with two attached hydrogens (primary N) is 1. The van der Waals surface area contributed by atoms with E-state index in [4.69, 9.17) is 26.8 Å². The highest BCUT2D eigenvalue weighted by Gasteiger charge is 2.13. The molecule has 0 unspecified atom stereocenters. The third-order valence-corrected chi connectivity index (χ3v) is 5.09. The molecule has 0 atom stereocenters. The quantitative estimate of drug-likeness (QED) is 0.310. The Bertz CT molecular complexity index is 1260. The second kappa shape index (κ2) is 11.9. The van der Waals surface area contributed by atoms with Crippen molar-refractivity contribution < 1.29 is 14.3 Å². The Morgan fingerprint density at radius 3 is 2.66 bits per heavy atom. The van der Waals surface area contributed by atoms with Gasteiger partial charge in [0.05, 0.1) is 31.4 Å². The number of carbonyl (C=O) groups excluding carboxylic acids is 1. The zero-order chi connectivity index (χ0) is 25.4. The fourth-order valence-electron chi connectivity index (χ4n) is 3.27. The molecule has 9 heteroatoms. The van der Waals surface area contributed by atoms with Gasteiger partial charge >= 0.3 is 5.97 Å². The van der Waals surface area contributed by atoms with E-state index in [1.54, 1.807) is 38.6 Å². The minimum absolute atomic E-state index is 0.0355. The van der Waals surface area contributed by atoms with Gasteiger partial charge in [-0.1, -0.05) is 30.3 Å². The number of methoxy groups -OCH3 is 1. The molecule has 0 amide bonds. The smallest absolute Gasteiger partial charge is 0.357 e. The summed E-state index contributed by atoms with van der Waals surface area (Å²) in [6.07, 6.45) is 5.53. The molecule has 3 aromatic rings. The van der Waals surface area contributed by atoms with E-state index in [0.717, 1.165) is 16.9 Å². The third kappa shape index (κ3) is 7.22. The van der Waals surface area contributed by atoms with Crippen LogP contribution in [0, 0.1) is 6.92 Å². The first kappa shape index (κ1) is 25.6. The Hall–Kier alpha value is -4.04. The van der Waals surface area contributed by atoms with Crippen molar-refractivity contribution in [2.75, 3.05) is 19.0 Å². The lowest BCUT2D eigenvalue weighted by Gasteiger charge is -2.13. The lowest BCUT2D eigenvalue weighted by atomic mass is 10.1. The Labute approximate surface area is 209 Å². The molecule has 35 heavy (non-hydrogen) atoms. The summed E-state index contributed by atoms with van der Waals surface area (Å²) in [6.45, 7) is 7.77. The van der Waals surface area contributed by atoms with Gasteiger partial charge in [-0.3, -0.25) is 0 Å². The van der Waals surface area contributed by atoms with Crippen LogP contribution in [0.5, 0.6) is 5.75 Å². The van der Waals surface area contributed by atoms with Crippen LogP contribution in [-0.2, 0) is 16.0 Å². The SMILES string of the molecule is C=C(N=C(/C=C(\N)Cc1ccc(Cl)cc1)C(=O)OCC)Nc1ccc(-n2cnc(C)c2)c(OC)c1. The molecule has 2 aromatic carbocycles. The van der Waals surface area contributed by atoms with Gasteiger partial charge < -0.3 is 25.1 Å². The van der Waals surface area contributed by atoms with Gasteiger partial charge in [0.1, 0.15) is 11.6 Å². The summed E-state index contributed by atoms with van der Waals surface area (Å²) in [5, 5.41) is 3.71. The Kier molecular flexibility index (Phi) is 8.69. The maximum Gasteiger partial charge on any atom is 0.357 e. The van der Waals surface area contributed by atoms with E-state index in [0.29, 0.717) is 28.6 Å². The number of esters is 1. The highest BCUT2D eigenvalue weighted by atomic mass is 35.5. The van der Waals surface area contributed by atoms with E-state index in [2.05, 4.69) is 21.9 Å². The molecular weight excluding hydrogens is 466 g/mol. The first-order valence-electron chi connectivity index (χ1n) is 10.9. The average molecular weight is 494 g/mol. The molecule has 3 rings (SSSR count). The molecule has 0 spiro atoms. The van der Waals surface area contributed by atoms with Crippen molar-refractivity contribution in [2.24, 2.45) is 10.7 Å². The summed E-state index contributed by atoms with van der Waals surface area (Å²) in [5.41, 5.74) is 10.0. The fraction of sp³-hybridized carbons (Fsp3) is 0.192. The number of nitrogens with one attached hydrogen (secondary N) is 1. The zero-order valence-corrected chi connectivity index (χ0v) is 20.7. The average Bonchev–Trinajstić information content (AvgIpc) is 3.26. The van der Waals surface area contributed by atoms with Gasteiger partial charge in [0.25, 0.3) is 0 Å². The Morgan fingerprint density at radius 1 is 1.29 bits per heavy atom. The minimum Gasteiger partial charge on any atom is -0.494 e. The molecule has 0 aliphatic carbocycles. The van der Waals surface area contributed by atoms with Crippen molar-refractivity contribution >= 4 is 29.0 Å². The number of hydrogen-bond donors (Lipinski definition) is 2. The van der Waals surface area contributed by atoms with E-state index in [1.165, 1.54) is 6.08 Å². The highest BCUT2D eigenvalue weighted by Crippen LogP contribution is 2.27. The number of aliphatic imine (C=N–C) groups is 1. The van der Waals surface area contributed by atoms with Crippen LogP contribution in [0.2, 0.25) is 5.02 Å². The van der Waals surface area contributed by atoms with Gasteiger partial charge in [0, 0.05) is 35.1 Å². The van der Waals surface area contributed by atoms with Crippen LogP contribution < -0.4 is 15.8 Å². The fourth-order valence-corrected chi connectivity index (χ4v) is 3.39. The highest BCUT2D eigenvalue weighted by molar-refractivity contribution is 6.41. The molecule has 1 aromatic heterocycles. The number of rotatable bonds is 10. The first-order chi connectivity index (χ1) is 16.8. The number of aromatic nitrogens is 2. The largest absolute Gasteiger partial charge is 0.494 e. The Morgan fingerprint density at radius 2 is 2.03 bits per heavy atom. The lowest BCUT2D eigenvalue weighted by molar-refractivity contribution is -0.134. The summed E-state index contributed by atoms with van der Waals surface area (Å²) in [6, 6.07) is 12.8. The number of imidazole rings is 1. The first-order valence-corrected chi connectivity index (χ1v) is 11.3. The zero-order valence-electron chi connectivity index (χ0n) is 19.9.